The zero-order valence-corrected chi connectivity index (χ0v) is 15.5. The molecule has 1 amide bonds. The van der Waals surface area contributed by atoms with Crippen molar-refractivity contribution in [2.75, 3.05) is 27.2 Å². The molecular weight excluding hydrogens is 338 g/mol. The Morgan fingerprint density at radius 3 is 2.92 bits per heavy atom. The average Bonchev–Trinajstić information content (AvgIpc) is 3.05. The summed E-state index contributed by atoms with van der Waals surface area (Å²) < 4.78 is 5.99. The fourth-order valence-corrected chi connectivity index (χ4v) is 3.44. The number of rotatable bonds is 5. The highest BCUT2D eigenvalue weighted by Gasteiger charge is 2.31. The van der Waals surface area contributed by atoms with E-state index in [2.05, 4.69) is 4.98 Å². The van der Waals surface area contributed by atoms with Crippen LogP contribution in [0.2, 0.25) is 5.02 Å². The molecule has 1 saturated heterocycles. The normalized spacial score (nSPS) is 17.9. The first-order valence-electron chi connectivity index (χ1n) is 8.67. The van der Waals surface area contributed by atoms with Crippen molar-refractivity contribution in [3.05, 3.63) is 52.7 Å². The zero-order chi connectivity index (χ0) is 17.8. The lowest BCUT2D eigenvalue weighted by atomic mass is 10.0. The van der Waals surface area contributed by atoms with Crippen LogP contribution in [0.4, 0.5) is 0 Å². The van der Waals surface area contributed by atoms with Crippen LogP contribution in [-0.2, 0) is 11.2 Å². The van der Waals surface area contributed by atoms with E-state index in [1.54, 1.807) is 6.20 Å². The van der Waals surface area contributed by atoms with Crippen LogP contribution in [0.15, 0.2) is 34.9 Å². The van der Waals surface area contributed by atoms with Gasteiger partial charge in [-0.2, -0.15) is 0 Å². The SMILES string of the molecule is CN(C)CC(=O)N1CCCC[C@@H]1c1ncc(Cc2ccccc2Cl)o1. The Balaban J connectivity index is 1.75. The number of hydrogen-bond donors (Lipinski definition) is 0. The number of carbonyl (C=O) groups is 1. The van der Waals surface area contributed by atoms with Crippen LogP contribution >= 0.6 is 11.6 Å². The molecule has 3 rings (SSSR count). The molecule has 0 radical (unpaired) electrons. The van der Waals surface area contributed by atoms with Crippen LogP contribution in [0.25, 0.3) is 0 Å². The van der Waals surface area contributed by atoms with Gasteiger partial charge in [0.15, 0.2) is 0 Å². The van der Waals surface area contributed by atoms with Gasteiger partial charge in [-0.3, -0.25) is 4.79 Å². The number of likely N-dealkylation sites (N-methyl/N-ethyl adjacent to an activating group) is 1. The molecule has 1 fully saturated rings. The maximum Gasteiger partial charge on any atom is 0.237 e. The fraction of sp³-hybridized carbons (Fsp3) is 0.474. The van der Waals surface area contributed by atoms with Gasteiger partial charge in [-0.05, 0) is 45.0 Å². The number of benzene rings is 1. The van der Waals surface area contributed by atoms with Gasteiger partial charge in [0.2, 0.25) is 11.8 Å². The Morgan fingerprint density at radius 1 is 1.36 bits per heavy atom. The lowest BCUT2D eigenvalue weighted by molar-refractivity contribution is -0.136. The summed E-state index contributed by atoms with van der Waals surface area (Å²) in [5, 5.41) is 0.723. The number of piperidine rings is 1. The fourth-order valence-electron chi connectivity index (χ4n) is 3.24. The Morgan fingerprint density at radius 2 is 2.16 bits per heavy atom. The second-order valence-electron chi connectivity index (χ2n) is 6.77. The molecule has 1 aromatic carbocycles. The molecule has 0 N–H and O–H groups in total. The number of aromatic nitrogens is 1. The molecule has 25 heavy (non-hydrogen) atoms. The predicted octanol–water partition coefficient (Wildman–Crippen LogP) is 3.53. The van der Waals surface area contributed by atoms with Gasteiger partial charge in [0.05, 0.1) is 12.7 Å². The minimum Gasteiger partial charge on any atom is -0.443 e. The first-order chi connectivity index (χ1) is 12.0. The van der Waals surface area contributed by atoms with Gasteiger partial charge in [0.25, 0.3) is 0 Å². The Hall–Kier alpha value is -1.85. The Kier molecular flexibility index (Phi) is 5.76. The summed E-state index contributed by atoms with van der Waals surface area (Å²) in [6.07, 6.45) is 5.36. The van der Waals surface area contributed by atoms with Gasteiger partial charge in [-0.25, -0.2) is 4.98 Å². The van der Waals surface area contributed by atoms with Crippen LogP contribution in [0.5, 0.6) is 0 Å². The molecule has 0 saturated carbocycles. The lowest BCUT2D eigenvalue weighted by Crippen LogP contribution is -2.42. The number of carbonyl (C=O) groups excluding carboxylic acids is 1. The van der Waals surface area contributed by atoms with Gasteiger partial charge < -0.3 is 14.2 Å². The second-order valence-corrected chi connectivity index (χ2v) is 7.18. The van der Waals surface area contributed by atoms with Crippen molar-refractivity contribution in [2.45, 2.75) is 31.7 Å². The molecule has 0 bridgehead atoms. The van der Waals surface area contributed by atoms with Crippen molar-refractivity contribution in [2.24, 2.45) is 0 Å². The zero-order valence-electron chi connectivity index (χ0n) is 14.7. The minimum atomic E-state index is -0.0683. The van der Waals surface area contributed by atoms with Crippen molar-refractivity contribution >= 4 is 17.5 Å². The molecule has 0 unspecified atom stereocenters. The third-order valence-electron chi connectivity index (χ3n) is 4.45. The van der Waals surface area contributed by atoms with Gasteiger partial charge in [0.1, 0.15) is 11.8 Å². The number of likely N-dealkylation sites (tertiary alicyclic amines) is 1. The Labute approximate surface area is 153 Å². The highest BCUT2D eigenvalue weighted by Crippen LogP contribution is 2.31. The number of amides is 1. The minimum absolute atomic E-state index is 0.0683. The molecule has 0 spiro atoms. The second kappa shape index (κ2) is 8.02. The summed E-state index contributed by atoms with van der Waals surface area (Å²) in [6.45, 7) is 1.17. The third kappa shape index (κ3) is 4.41. The van der Waals surface area contributed by atoms with Gasteiger partial charge >= 0.3 is 0 Å². The molecule has 0 aliphatic carbocycles. The van der Waals surface area contributed by atoms with E-state index in [-0.39, 0.29) is 11.9 Å². The smallest absolute Gasteiger partial charge is 0.237 e. The highest BCUT2D eigenvalue weighted by atomic mass is 35.5. The molecule has 2 heterocycles. The topological polar surface area (TPSA) is 49.6 Å². The highest BCUT2D eigenvalue weighted by molar-refractivity contribution is 6.31. The molecule has 1 aliphatic heterocycles. The standard InChI is InChI=1S/C19H24ClN3O2/c1-22(2)13-18(24)23-10-6-5-9-17(23)19-21-12-15(25-19)11-14-7-3-4-8-16(14)20/h3-4,7-8,12,17H,5-6,9-11,13H2,1-2H3/t17-/m1/s1. The van der Waals surface area contributed by atoms with Crippen LogP contribution in [0, 0.1) is 0 Å². The molecule has 6 heteroatoms. The van der Waals surface area contributed by atoms with Crippen molar-refractivity contribution in [3.8, 4) is 0 Å². The summed E-state index contributed by atoms with van der Waals surface area (Å²) >= 11 is 6.22. The summed E-state index contributed by atoms with van der Waals surface area (Å²) in [4.78, 5) is 20.8. The largest absolute Gasteiger partial charge is 0.443 e. The maximum atomic E-state index is 12.5. The van der Waals surface area contributed by atoms with E-state index in [0.29, 0.717) is 18.9 Å². The average molecular weight is 362 g/mol. The van der Waals surface area contributed by atoms with Crippen molar-refractivity contribution < 1.29 is 9.21 Å². The lowest BCUT2D eigenvalue weighted by Gasteiger charge is -2.34. The molecule has 5 nitrogen and oxygen atoms in total. The summed E-state index contributed by atoms with van der Waals surface area (Å²) in [7, 11) is 3.81. The Bertz CT molecular complexity index is 729. The van der Waals surface area contributed by atoms with E-state index < -0.39 is 0 Å². The van der Waals surface area contributed by atoms with Crippen molar-refractivity contribution in [1.82, 2.24) is 14.8 Å². The monoisotopic (exact) mass is 361 g/mol. The predicted molar refractivity (Wildman–Crippen MR) is 97.6 cm³/mol. The first kappa shape index (κ1) is 18.0. The number of hydrogen-bond acceptors (Lipinski definition) is 4. The van der Waals surface area contributed by atoms with Gasteiger partial charge in [0, 0.05) is 18.0 Å². The van der Waals surface area contributed by atoms with E-state index in [4.69, 9.17) is 16.0 Å². The van der Waals surface area contributed by atoms with E-state index in [1.165, 1.54) is 0 Å². The first-order valence-corrected chi connectivity index (χ1v) is 9.04. The quantitative estimate of drug-likeness (QED) is 0.817. The molecule has 1 aromatic heterocycles. The van der Waals surface area contributed by atoms with E-state index in [1.807, 2.05) is 48.2 Å². The number of halogens is 1. The molecular formula is C19H24ClN3O2. The number of nitrogens with zero attached hydrogens (tertiary/aromatic N) is 3. The summed E-state index contributed by atoms with van der Waals surface area (Å²) in [5.74, 6) is 1.53. The maximum absolute atomic E-state index is 12.5. The van der Waals surface area contributed by atoms with Crippen LogP contribution in [-0.4, -0.2) is 47.9 Å². The van der Waals surface area contributed by atoms with Crippen LogP contribution in [0.1, 0.15) is 42.5 Å². The third-order valence-corrected chi connectivity index (χ3v) is 4.82. The molecule has 1 atom stereocenters. The van der Waals surface area contributed by atoms with Crippen LogP contribution in [0.3, 0.4) is 0 Å². The van der Waals surface area contributed by atoms with Crippen molar-refractivity contribution in [1.29, 1.82) is 0 Å². The van der Waals surface area contributed by atoms with Gasteiger partial charge in [-0.15, -0.1) is 0 Å². The van der Waals surface area contributed by atoms with Crippen molar-refractivity contribution in [3.63, 3.8) is 0 Å². The molecule has 1 aliphatic rings. The summed E-state index contributed by atoms with van der Waals surface area (Å²) in [5.41, 5.74) is 1.01. The molecule has 2 aromatic rings. The molecule has 134 valence electrons. The van der Waals surface area contributed by atoms with Gasteiger partial charge in [-0.1, -0.05) is 29.8 Å². The van der Waals surface area contributed by atoms with Crippen LogP contribution < -0.4 is 0 Å². The van der Waals surface area contributed by atoms with E-state index in [9.17, 15) is 4.79 Å². The van der Waals surface area contributed by atoms with E-state index in [0.717, 1.165) is 42.2 Å². The summed E-state index contributed by atoms with van der Waals surface area (Å²) in [6, 6.07) is 7.66. The van der Waals surface area contributed by atoms with E-state index >= 15 is 0 Å². The number of oxazole rings is 1.